The molecule has 0 bridgehead atoms. The van der Waals surface area contributed by atoms with Crippen LogP contribution in [-0.4, -0.2) is 6.18 Å². The minimum Gasteiger partial charge on any atom is -0.323 e. The van der Waals surface area contributed by atoms with Crippen LogP contribution in [-0.2, 0) is 0 Å². The molecule has 0 aliphatic rings. The summed E-state index contributed by atoms with van der Waals surface area (Å²) in [5, 5.41) is 0.742. The summed E-state index contributed by atoms with van der Waals surface area (Å²) >= 11 is 1.40. The Labute approximate surface area is 112 Å². The normalized spacial score (nSPS) is 13.9. The Balaban J connectivity index is 2.03. The number of alkyl halides is 3. The molecule has 0 radical (unpaired) electrons. The van der Waals surface area contributed by atoms with Gasteiger partial charge >= 0.3 is 6.18 Å². The van der Waals surface area contributed by atoms with Crippen molar-refractivity contribution in [1.82, 2.24) is 0 Å². The highest BCUT2D eigenvalue weighted by Gasteiger charge is 2.26. The first-order valence-corrected chi connectivity index (χ1v) is 6.68. The molecule has 0 saturated carbocycles. The lowest BCUT2D eigenvalue weighted by Crippen LogP contribution is -2.12. The highest BCUT2D eigenvalue weighted by atomic mass is 32.1. The standard InChI is InChI=1S/C13H13F4NS/c14-9-3-4-11-8(6-9)7-12(19-11)10(18)2-1-5-13(15,16)17/h3-4,6-7,10H,1-2,5,18H2. The molecule has 6 heteroatoms. The molecule has 0 amide bonds. The Bertz CT molecular complexity index is 561. The fraction of sp³-hybridized carbons (Fsp3) is 0.385. The maximum Gasteiger partial charge on any atom is 0.389 e. The van der Waals surface area contributed by atoms with Crippen molar-refractivity contribution in [3.05, 3.63) is 35.0 Å². The number of thiophene rings is 1. The van der Waals surface area contributed by atoms with Gasteiger partial charge in [-0.25, -0.2) is 4.39 Å². The minimum absolute atomic E-state index is 0.00722. The molecule has 19 heavy (non-hydrogen) atoms. The van der Waals surface area contributed by atoms with Crippen LogP contribution in [0.1, 0.15) is 30.2 Å². The van der Waals surface area contributed by atoms with Crippen molar-refractivity contribution >= 4 is 21.4 Å². The van der Waals surface area contributed by atoms with Gasteiger partial charge in [0, 0.05) is 22.0 Å². The number of nitrogens with two attached hydrogens (primary N) is 1. The van der Waals surface area contributed by atoms with Crippen molar-refractivity contribution in [2.75, 3.05) is 0 Å². The van der Waals surface area contributed by atoms with Gasteiger partial charge in [0.05, 0.1) is 0 Å². The summed E-state index contributed by atoms with van der Waals surface area (Å²) in [6, 6.07) is 5.74. The van der Waals surface area contributed by atoms with Crippen molar-refractivity contribution in [1.29, 1.82) is 0 Å². The maximum atomic E-state index is 13.0. The predicted octanol–water partition coefficient (Wildman–Crippen LogP) is 4.77. The second-order valence-electron chi connectivity index (χ2n) is 4.44. The Morgan fingerprint density at radius 3 is 2.63 bits per heavy atom. The van der Waals surface area contributed by atoms with Gasteiger partial charge in [0.1, 0.15) is 5.82 Å². The van der Waals surface area contributed by atoms with Gasteiger partial charge in [0.2, 0.25) is 0 Å². The molecular weight excluding hydrogens is 278 g/mol. The van der Waals surface area contributed by atoms with Crippen LogP contribution in [0.15, 0.2) is 24.3 Å². The zero-order valence-electron chi connectivity index (χ0n) is 10.0. The van der Waals surface area contributed by atoms with E-state index in [2.05, 4.69) is 0 Å². The van der Waals surface area contributed by atoms with Crippen molar-refractivity contribution in [3.63, 3.8) is 0 Å². The zero-order chi connectivity index (χ0) is 14.0. The van der Waals surface area contributed by atoms with E-state index in [-0.39, 0.29) is 18.7 Å². The third-order valence-electron chi connectivity index (χ3n) is 2.84. The van der Waals surface area contributed by atoms with Crippen molar-refractivity contribution < 1.29 is 17.6 Å². The molecule has 104 valence electrons. The molecule has 1 aromatic heterocycles. The van der Waals surface area contributed by atoms with Gasteiger partial charge in [-0.3, -0.25) is 0 Å². The van der Waals surface area contributed by atoms with E-state index >= 15 is 0 Å². The van der Waals surface area contributed by atoms with Gasteiger partial charge < -0.3 is 5.73 Å². The van der Waals surface area contributed by atoms with E-state index in [0.717, 1.165) is 15.0 Å². The molecule has 0 aliphatic heterocycles. The smallest absolute Gasteiger partial charge is 0.323 e. The van der Waals surface area contributed by atoms with Crippen LogP contribution in [0.3, 0.4) is 0 Å². The van der Waals surface area contributed by atoms with Gasteiger partial charge in [0.25, 0.3) is 0 Å². The Morgan fingerprint density at radius 2 is 1.95 bits per heavy atom. The second kappa shape index (κ2) is 5.46. The third-order valence-corrected chi connectivity index (χ3v) is 4.09. The average molecular weight is 291 g/mol. The highest BCUT2D eigenvalue weighted by Crippen LogP contribution is 2.32. The lowest BCUT2D eigenvalue weighted by molar-refractivity contribution is -0.135. The molecule has 1 atom stereocenters. The topological polar surface area (TPSA) is 26.0 Å². The van der Waals surface area contributed by atoms with E-state index in [1.165, 1.54) is 23.5 Å². The SMILES string of the molecule is NC(CCCC(F)(F)F)c1cc2cc(F)ccc2s1. The molecular formula is C13H13F4NS. The van der Waals surface area contributed by atoms with Crippen molar-refractivity contribution in [2.24, 2.45) is 5.73 Å². The van der Waals surface area contributed by atoms with E-state index < -0.39 is 18.6 Å². The van der Waals surface area contributed by atoms with E-state index in [9.17, 15) is 17.6 Å². The van der Waals surface area contributed by atoms with Crippen LogP contribution < -0.4 is 5.73 Å². The molecule has 0 spiro atoms. The van der Waals surface area contributed by atoms with Crippen LogP contribution in [0.2, 0.25) is 0 Å². The first-order valence-electron chi connectivity index (χ1n) is 5.86. The molecule has 1 aromatic carbocycles. The van der Waals surface area contributed by atoms with Gasteiger partial charge in [-0.2, -0.15) is 13.2 Å². The summed E-state index contributed by atoms with van der Waals surface area (Å²) in [4.78, 5) is 0.794. The fourth-order valence-corrected chi connectivity index (χ4v) is 2.96. The largest absolute Gasteiger partial charge is 0.389 e. The fourth-order valence-electron chi connectivity index (χ4n) is 1.88. The molecule has 0 aliphatic carbocycles. The van der Waals surface area contributed by atoms with Crippen molar-refractivity contribution in [3.8, 4) is 0 Å². The number of fused-ring (bicyclic) bond motifs is 1. The zero-order valence-corrected chi connectivity index (χ0v) is 10.8. The Morgan fingerprint density at radius 1 is 1.21 bits per heavy atom. The van der Waals surface area contributed by atoms with Crippen LogP contribution in [0.4, 0.5) is 17.6 Å². The molecule has 1 nitrogen and oxygen atoms in total. The van der Waals surface area contributed by atoms with Crippen LogP contribution >= 0.6 is 11.3 Å². The number of rotatable bonds is 4. The van der Waals surface area contributed by atoms with Gasteiger partial charge in [0.15, 0.2) is 0 Å². The summed E-state index contributed by atoms with van der Waals surface area (Å²) in [6.07, 6.45) is -4.68. The van der Waals surface area contributed by atoms with Crippen LogP contribution in [0, 0.1) is 5.82 Å². The molecule has 2 N–H and O–H groups in total. The Hall–Kier alpha value is -1.14. The summed E-state index contributed by atoms with van der Waals surface area (Å²) in [7, 11) is 0. The first kappa shape index (κ1) is 14.3. The van der Waals surface area contributed by atoms with Gasteiger partial charge in [-0.1, -0.05) is 0 Å². The number of hydrogen-bond donors (Lipinski definition) is 1. The van der Waals surface area contributed by atoms with Crippen molar-refractivity contribution in [2.45, 2.75) is 31.5 Å². The number of halogens is 4. The molecule has 0 saturated heterocycles. The lowest BCUT2D eigenvalue weighted by Gasteiger charge is -2.10. The van der Waals surface area contributed by atoms with Crippen LogP contribution in [0.5, 0.6) is 0 Å². The molecule has 2 aromatic rings. The summed E-state index contributed by atoms with van der Waals surface area (Å²) in [5.41, 5.74) is 5.88. The lowest BCUT2D eigenvalue weighted by atomic mass is 10.1. The second-order valence-corrected chi connectivity index (χ2v) is 5.56. The van der Waals surface area contributed by atoms with Gasteiger partial charge in [-0.05, 0) is 42.5 Å². The summed E-state index contributed by atoms with van der Waals surface area (Å²) in [6.45, 7) is 0. The predicted molar refractivity (Wildman–Crippen MR) is 68.6 cm³/mol. The van der Waals surface area contributed by atoms with E-state index in [1.54, 1.807) is 12.1 Å². The number of benzene rings is 1. The first-order chi connectivity index (χ1) is 8.85. The van der Waals surface area contributed by atoms with E-state index in [4.69, 9.17) is 5.73 Å². The molecule has 1 heterocycles. The molecule has 0 fully saturated rings. The van der Waals surface area contributed by atoms with Crippen LogP contribution in [0.25, 0.3) is 10.1 Å². The minimum atomic E-state index is -4.14. The Kier molecular flexibility index (Phi) is 4.10. The van der Waals surface area contributed by atoms with E-state index in [1.807, 2.05) is 0 Å². The quantitative estimate of drug-likeness (QED) is 0.807. The monoisotopic (exact) mass is 291 g/mol. The number of hydrogen-bond acceptors (Lipinski definition) is 2. The highest BCUT2D eigenvalue weighted by molar-refractivity contribution is 7.19. The molecule has 1 unspecified atom stereocenters. The average Bonchev–Trinajstić information content (AvgIpc) is 2.70. The molecule has 2 rings (SSSR count). The summed E-state index contributed by atoms with van der Waals surface area (Å²) < 4.78 is 50.0. The maximum absolute atomic E-state index is 13.0. The summed E-state index contributed by atoms with van der Waals surface area (Å²) in [5.74, 6) is -0.331. The van der Waals surface area contributed by atoms with E-state index in [0.29, 0.717) is 0 Å². The third kappa shape index (κ3) is 3.91. The van der Waals surface area contributed by atoms with Gasteiger partial charge in [-0.15, -0.1) is 11.3 Å².